The lowest BCUT2D eigenvalue weighted by atomic mass is 9.89. The van der Waals surface area contributed by atoms with E-state index in [1.807, 2.05) is 0 Å². The summed E-state index contributed by atoms with van der Waals surface area (Å²) in [6.45, 7) is 1.93. The van der Waals surface area contributed by atoms with Crippen molar-refractivity contribution in [3.05, 3.63) is 59.2 Å². The van der Waals surface area contributed by atoms with Gasteiger partial charge in [0.25, 0.3) is 5.91 Å². The van der Waals surface area contributed by atoms with Gasteiger partial charge in [0.15, 0.2) is 0 Å². The SMILES string of the molecule is Cc1cc(S(=O)(=O)NCCCCO)ccc1CCS(=O)(=O)N1CCC2(CC1)N=C(c1cccc(OC(F)(F)F)c1)NC2=O. The molecular formula is C27H33F3N4O7S2. The van der Waals surface area contributed by atoms with Gasteiger partial charge < -0.3 is 15.2 Å². The molecule has 0 radical (unpaired) electrons. The average Bonchev–Trinajstić information content (AvgIpc) is 3.25. The molecule has 1 fully saturated rings. The van der Waals surface area contributed by atoms with E-state index in [1.54, 1.807) is 13.0 Å². The molecule has 2 aliphatic rings. The quantitative estimate of drug-likeness (QED) is 0.299. The largest absolute Gasteiger partial charge is 0.573 e. The summed E-state index contributed by atoms with van der Waals surface area (Å²) in [5.74, 6) is -1.04. The number of sulfonamides is 2. The summed E-state index contributed by atoms with van der Waals surface area (Å²) in [6, 6.07) is 9.58. The number of aliphatic imine (C=N–C) groups is 1. The second kappa shape index (κ2) is 12.9. The van der Waals surface area contributed by atoms with E-state index in [2.05, 4.69) is 19.8 Å². The van der Waals surface area contributed by atoms with Crippen molar-refractivity contribution in [3.8, 4) is 5.75 Å². The number of amides is 1. The number of carbonyl (C=O) groups excluding carboxylic acids is 1. The third-order valence-electron chi connectivity index (χ3n) is 7.40. The number of nitrogens with zero attached hydrogens (tertiary/aromatic N) is 2. The number of piperidine rings is 1. The van der Waals surface area contributed by atoms with Crippen LogP contribution in [-0.2, 0) is 31.3 Å². The van der Waals surface area contributed by atoms with E-state index < -0.39 is 43.6 Å². The molecule has 0 unspecified atom stereocenters. The highest BCUT2D eigenvalue weighted by Crippen LogP contribution is 2.33. The van der Waals surface area contributed by atoms with Gasteiger partial charge in [0.1, 0.15) is 17.1 Å². The molecule has 43 heavy (non-hydrogen) atoms. The molecule has 2 aromatic carbocycles. The van der Waals surface area contributed by atoms with Crippen LogP contribution in [0, 0.1) is 6.92 Å². The molecule has 0 saturated carbocycles. The van der Waals surface area contributed by atoms with Gasteiger partial charge in [0.05, 0.1) is 10.6 Å². The van der Waals surface area contributed by atoms with Gasteiger partial charge in [0.2, 0.25) is 20.0 Å². The molecule has 1 saturated heterocycles. The van der Waals surface area contributed by atoms with Crippen molar-refractivity contribution in [3.63, 3.8) is 0 Å². The maximum Gasteiger partial charge on any atom is 0.573 e. The summed E-state index contributed by atoms with van der Waals surface area (Å²) in [5.41, 5.74) is 0.304. The fraction of sp³-hybridized carbons (Fsp3) is 0.481. The number of amidine groups is 1. The molecular weight excluding hydrogens is 613 g/mol. The zero-order valence-electron chi connectivity index (χ0n) is 23.4. The van der Waals surface area contributed by atoms with Crippen molar-refractivity contribution in [2.24, 2.45) is 4.99 Å². The number of rotatable bonds is 12. The number of benzene rings is 2. The lowest BCUT2D eigenvalue weighted by Crippen LogP contribution is -2.50. The van der Waals surface area contributed by atoms with Gasteiger partial charge in [-0.2, -0.15) is 0 Å². The molecule has 1 spiro atoms. The van der Waals surface area contributed by atoms with Crippen LogP contribution in [0.4, 0.5) is 13.2 Å². The molecule has 3 N–H and O–H groups in total. The number of hydrogen-bond donors (Lipinski definition) is 3. The summed E-state index contributed by atoms with van der Waals surface area (Å²) in [4.78, 5) is 17.4. The Labute approximate surface area is 248 Å². The van der Waals surface area contributed by atoms with E-state index in [-0.39, 0.29) is 67.6 Å². The number of carbonyl (C=O) groups is 1. The third kappa shape index (κ3) is 8.12. The number of aryl methyl sites for hydroxylation is 2. The van der Waals surface area contributed by atoms with E-state index in [0.717, 1.165) is 12.1 Å². The van der Waals surface area contributed by atoms with Crippen LogP contribution < -0.4 is 14.8 Å². The first-order valence-electron chi connectivity index (χ1n) is 13.6. The minimum absolute atomic E-state index is 0.0247. The number of unbranched alkanes of at least 4 members (excludes halogenated alkanes) is 1. The molecule has 0 bridgehead atoms. The van der Waals surface area contributed by atoms with E-state index in [1.165, 1.54) is 28.6 Å². The molecule has 2 heterocycles. The van der Waals surface area contributed by atoms with Crippen LogP contribution in [0.3, 0.4) is 0 Å². The number of nitrogens with one attached hydrogen (secondary N) is 2. The molecule has 0 aliphatic carbocycles. The monoisotopic (exact) mass is 646 g/mol. The van der Waals surface area contributed by atoms with Gasteiger partial charge in [-0.3, -0.25) is 9.79 Å². The van der Waals surface area contributed by atoms with Crippen molar-refractivity contribution in [2.75, 3.05) is 32.0 Å². The molecule has 236 valence electrons. The van der Waals surface area contributed by atoms with E-state index in [0.29, 0.717) is 24.0 Å². The van der Waals surface area contributed by atoms with Crippen LogP contribution in [0.15, 0.2) is 52.4 Å². The Bertz CT molecular complexity index is 1590. The predicted molar refractivity (Wildman–Crippen MR) is 152 cm³/mol. The van der Waals surface area contributed by atoms with Crippen LogP contribution in [0.25, 0.3) is 0 Å². The minimum Gasteiger partial charge on any atom is -0.406 e. The highest BCUT2D eigenvalue weighted by Gasteiger charge is 2.47. The number of aliphatic hydroxyl groups excluding tert-OH is 1. The summed E-state index contributed by atoms with van der Waals surface area (Å²) >= 11 is 0. The summed E-state index contributed by atoms with van der Waals surface area (Å²) < 4.78 is 96.9. The van der Waals surface area contributed by atoms with Crippen LogP contribution in [0.2, 0.25) is 0 Å². The van der Waals surface area contributed by atoms with Crippen molar-refractivity contribution < 1.29 is 44.6 Å². The molecule has 1 amide bonds. The van der Waals surface area contributed by atoms with Gasteiger partial charge in [-0.15, -0.1) is 13.2 Å². The topological polar surface area (TPSA) is 154 Å². The van der Waals surface area contributed by atoms with E-state index in [9.17, 15) is 34.8 Å². The first kappa shape index (κ1) is 32.9. The number of ether oxygens (including phenoxy) is 1. The van der Waals surface area contributed by atoms with Crippen LogP contribution >= 0.6 is 0 Å². The summed E-state index contributed by atoms with van der Waals surface area (Å²) in [5, 5.41) is 11.4. The normalized spacial score (nSPS) is 17.6. The number of aliphatic hydroxyl groups is 1. The summed E-state index contributed by atoms with van der Waals surface area (Å²) in [7, 11) is -7.47. The second-order valence-corrected chi connectivity index (χ2v) is 14.3. The Kier molecular flexibility index (Phi) is 9.85. The van der Waals surface area contributed by atoms with Crippen LogP contribution in [0.1, 0.15) is 42.4 Å². The molecule has 2 aliphatic heterocycles. The standard InChI is InChI=1S/C27H33F3N4O7S2/c1-19-17-23(43(39,40)31-12-2-3-15-35)8-7-20(19)9-16-42(37,38)34-13-10-26(11-14-34)25(36)32-24(33-26)21-5-4-6-22(18-21)41-27(28,29)30/h4-8,17-18,31,35H,2-3,9-16H2,1H3,(H,32,33,36). The van der Waals surface area contributed by atoms with Crippen LogP contribution in [0.5, 0.6) is 5.75 Å². The maximum absolute atomic E-state index is 13.2. The molecule has 2 aromatic rings. The fourth-order valence-corrected chi connectivity index (χ4v) is 7.61. The minimum atomic E-state index is -4.87. The molecule has 16 heteroatoms. The Morgan fingerprint density at radius 3 is 2.47 bits per heavy atom. The van der Waals surface area contributed by atoms with E-state index in [4.69, 9.17) is 5.11 Å². The first-order chi connectivity index (χ1) is 20.1. The zero-order valence-corrected chi connectivity index (χ0v) is 25.0. The molecule has 0 aromatic heterocycles. The Morgan fingerprint density at radius 2 is 1.81 bits per heavy atom. The zero-order chi connectivity index (χ0) is 31.5. The lowest BCUT2D eigenvalue weighted by Gasteiger charge is -2.34. The van der Waals surface area contributed by atoms with Crippen LogP contribution in [-0.4, -0.2) is 81.9 Å². The Balaban J connectivity index is 1.37. The van der Waals surface area contributed by atoms with Crippen molar-refractivity contribution in [1.29, 1.82) is 0 Å². The number of alkyl halides is 3. The number of hydrogen-bond acceptors (Lipinski definition) is 8. The van der Waals surface area contributed by atoms with Gasteiger partial charge in [-0.05, 0) is 74.4 Å². The summed E-state index contributed by atoms with van der Waals surface area (Å²) in [6.07, 6.45) is -3.56. The van der Waals surface area contributed by atoms with E-state index >= 15 is 0 Å². The highest BCUT2D eigenvalue weighted by atomic mass is 32.2. The van der Waals surface area contributed by atoms with Gasteiger partial charge in [-0.25, -0.2) is 25.9 Å². The third-order valence-corrected chi connectivity index (χ3v) is 10.7. The predicted octanol–water partition coefficient (Wildman–Crippen LogP) is 2.23. The Hall–Kier alpha value is -3.05. The fourth-order valence-electron chi connectivity index (χ4n) is 4.98. The van der Waals surface area contributed by atoms with Gasteiger partial charge in [0, 0.05) is 31.8 Å². The maximum atomic E-state index is 13.2. The first-order valence-corrected chi connectivity index (χ1v) is 16.7. The molecule has 11 nitrogen and oxygen atoms in total. The Morgan fingerprint density at radius 1 is 1.09 bits per heavy atom. The smallest absolute Gasteiger partial charge is 0.406 e. The lowest BCUT2D eigenvalue weighted by molar-refractivity contribution is -0.274. The number of halogens is 3. The second-order valence-electron chi connectivity index (χ2n) is 10.4. The van der Waals surface area contributed by atoms with Crippen molar-refractivity contribution in [1.82, 2.24) is 14.3 Å². The highest BCUT2D eigenvalue weighted by molar-refractivity contribution is 7.89. The van der Waals surface area contributed by atoms with Crippen molar-refractivity contribution >= 4 is 31.8 Å². The van der Waals surface area contributed by atoms with Gasteiger partial charge in [-0.1, -0.05) is 18.2 Å². The van der Waals surface area contributed by atoms with Gasteiger partial charge >= 0.3 is 6.36 Å². The average molecular weight is 647 g/mol. The molecule has 4 rings (SSSR count). The molecule has 0 atom stereocenters. The van der Waals surface area contributed by atoms with Crippen molar-refractivity contribution in [2.45, 2.75) is 55.8 Å².